The highest BCUT2D eigenvalue weighted by Crippen LogP contribution is 2.51. The lowest BCUT2D eigenvalue weighted by molar-refractivity contribution is -0.331. The van der Waals surface area contributed by atoms with Gasteiger partial charge in [-0.05, 0) is 18.2 Å². The Labute approximate surface area is 170 Å². The summed E-state index contributed by atoms with van der Waals surface area (Å²) in [6.45, 7) is 0. The van der Waals surface area contributed by atoms with Crippen LogP contribution in [0.15, 0.2) is 44.2 Å². The first-order valence-corrected chi connectivity index (χ1v) is 9.54. The SMILES string of the molecule is O=S(c1cc(Br)cc(Br)c1-c1cccc(F)c1F)C(F)(F)C(F)(F)C(F)(F)F. The van der Waals surface area contributed by atoms with Crippen molar-refractivity contribution in [3.05, 3.63) is 50.9 Å². The minimum atomic E-state index is -6.71. The van der Waals surface area contributed by atoms with Gasteiger partial charge in [0.2, 0.25) is 0 Å². The topological polar surface area (TPSA) is 17.1 Å². The maximum atomic E-state index is 14.1. The zero-order valence-electron chi connectivity index (χ0n) is 12.9. The van der Waals surface area contributed by atoms with Gasteiger partial charge in [0.25, 0.3) is 0 Å². The molecule has 0 N–H and O–H groups in total. The molecule has 28 heavy (non-hydrogen) atoms. The molecule has 0 aliphatic rings. The summed E-state index contributed by atoms with van der Waals surface area (Å²) in [5.41, 5.74) is -1.54. The van der Waals surface area contributed by atoms with E-state index in [1.54, 1.807) is 0 Å². The average molecular weight is 564 g/mol. The van der Waals surface area contributed by atoms with Crippen molar-refractivity contribution in [2.24, 2.45) is 0 Å². The molecule has 0 radical (unpaired) electrons. The Kier molecular flexibility index (Phi) is 6.33. The molecule has 2 aromatic carbocycles. The van der Waals surface area contributed by atoms with Crippen molar-refractivity contribution in [2.75, 3.05) is 0 Å². The number of halogens is 11. The van der Waals surface area contributed by atoms with Crippen molar-refractivity contribution in [1.82, 2.24) is 0 Å². The first-order chi connectivity index (χ1) is 12.6. The molecule has 0 heterocycles. The quantitative estimate of drug-likeness (QED) is 0.364. The first kappa shape index (κ1) is 23.2. The molecule has 0 saturated carbocycles. The van der Waals surface area contributed by atoms with Crippen molar-refractivity contribution in [1.29, 1.82) is 0 Å². The number of hydrogen-bond donors (Lipinski definition) is 0. The highest BCUT2D eigenvalue weighted by Gasteiger charge is 2.76. The first-order valence-electron chi connectivity index (χ1n) is 6.80. The van der Waals surface area contributed by atoms with E-state index in [0.29, 0.717) is 12.1 Å². The molecular weight excluding hydrogens is 559 g/mol. The van der Waals surface area contributed by atoms with Crippen LogP contribution in [0.3, 0.4) is 0 Å². The largest absolute Gasteiger partial charge is 0.461 e. The molecule has 0 saturated heterocycles. The van der Waals surface area contributed by atoms with Crippen molar-refractivity contribution < 1.29 is 43.7 Å². The lowest BCUT2D eigenvalue weighted by Gasteiger charge is -2.28. The van der Waals surface area contributed by atoms with Crippen molar-refractivity contribution in [2.45, 2.75) is 22.2 Å². The van der Waals surface area contributed by atoms with Crippen LogP contribution in [0.2, 0.25) is 0 Å². The van der Waals surface area contributed by atoms with E-state index in [1.165, 1.54) is 0 Å². The van der Waals surface area contributed by atoms with Crippen LogP contribution in [0, 0.1) is 11.6 Å². The summed E-state index contributed by atoms with van der Waals surface area (Å²) in [5, 5.41) is -6.11. The second-order valence-electron chi connectivity index (χ2n) is 5.22. The van der Waals surface area contributed by atoms with Crippen LogP contribution in [0.25, 0.3) is 11.1 Å². The van der Waals surface area contributed by atoms with Crippen LogP contribution in [-0.4, -0.2) is 21.6 Å². The van der Waals surface area contributed by atoms with Gasteiger partial charge in [0, 0.05) is 20.1 Å². The summed E-state index contributed by atoms with van der Waals surface area (Å²) >= 11 is 5.60. The number of benzene rings is 2. The number of rotatable bonds is 4. The monoisotopic (exact) mass is 562 g/mol. The zero-order valence-corrected chi connectivity index (χ0v) is 16.8. The predicted octanol–water partition coefficient (Wildman–Crippen LogP) is 7.05. The minimum Gasteiger partial charge on any atom is -0.248 e. The molecule has 0 amide bonds. The number of hydrogen-bond acceptors (Lipinski definition) is 1. The summed E-state index contributed by atoms with van der Waals surface area (Å²) in [6, 6.07) is 4.11. The summed E-state index contributed by atoms with van der Waals surface area (Å²) in [6.07, 6.45) is -6.71. The molecule has 1 atom stereocenters. The highest BCUT2D eigenvalue weighted by molar-refractivity contribution is 9.11. The summed E-state index contributed by atoms with van der Waals surface area (Å²) in [7, 11) is -4.31. The van der Waals surface area contributed by atoms with Gasteiger partial charge in [-0.2, -0.15) is 30.7 Å². The normalized spacial score (nSPS) is 14.2. The van der Waals surface area contributed by atoms with Crippen LogP contribution in [-0.2, 0) is 10.8 Å². The smallest absolute Gasteiger partial charge is 0.248 e. The van der Waals surface area contributed by atoms with Gasteiger partial charge >= 0.3 is 17.4 Å². The third-order valence-corrected chi connectivity index (χ3v) is 5.92. The Morgan fingerprint density at radius 3 is 2.00 bits per heavy atom. The molecule has 13 heteroatoms. The molecule has 154 valence electrons. The van der Waals surface area contributed by atoms with E-state index >= 15 is 0 Å². The van der Waals surface area contributed by atoms with Gasteiger partial charge in [-0.1, -0.05) is 44.0 Å². The van der Waals surface area contributed by atoms with Gasteiger partial charge in [0.1, 0.15) is 10.8 Å². The van der Waals surface area contributed by atoms with E-state index in [0.717, 1.165) is 18.2 Å². The maximum Gasteiger partial charge on any atom is 0.461 e. The molecule has 0 aromatic heterocycles. The Balaban J connectivity index is 2.80. The molecule has 0 spiro atoms. The van der Waals surface area contributed by atoms with Crippen molar-refractivity contribution >= 4 is 42.7 Å². The molecule has 2 aromatic rings. The van der Waals surface area contributed by atoms with Crippen LogP contribution in [0.5, 0.6) is 0 Å². The van der Waals surface area contributed by atoms with Crippen molar-refractivity contribution in [3.63, 3.8) is 0 Å². The fourth-order valence-corrected chi connectivity index (χ4v) is 5.06. The maximum absolute atomic E-state index is 14.1. The third kappa shape index (κ3) is 3.84. The van der Waals surface area contributed by atoms with Gasteiger partial charge in [0.15, 0.2) is 11.6 Å². The van der Waals surface area contributed by atoms with E-state index in [9.17, 15) is 43.7 Å². The van der Waals surface area contributed by atoms with Gasteiger partial charge in [-0.3, -0.25) is 0 Å². The van der Waals surface area contributed by atoms with E-state index in [2.05, 4.69) is 31.9 Å². The molecule has 1 unspecified atom stereocenters. The number of alkyl halides is 7. The van der Waals surface area contributed by atoms with Gasteiger partial charge in [-0.25, -0.2) is 13.0 Å². The average Bonchev–Trinajstić information content (AvgIpc) is 2.55. The molecule has 2 rings (SSSR count). The van der Waals surface area contributed by atoms with Gasteiger partial charge < -0.3 is 0 Å². The molecule has 0 aliphatic carbocycles. The Hall–Kier alpha value is -1.08. The molecule has 0 aliphatic heterocycles. The Bertz CT molecular complexity index is 944. The molecule has 1 nitrogen and oxygen atoms in total. The van der Waals surface area contributed by atoms with Crippen LogP contribution in [0.4, 0.5) is 39.5 Å². The minimum absolute atomic E-state index is 0.144. The van der Waals surface area contributed by atoms with E-state index in [4.69, 9.17) is 0 Å². The molecular formula is C15H5Br2F9OS. The van der Waals surface area contributed by atoms with Gasteiger partial charge in [0.05, 0.1) is 4.90 Å². The summed E-state index contributed by atoms with van der Waals surface area (Å²) < 4.78 is 131. The standard InChI is InChI=1S/C15H5Br2F9OS/c16-6-4-8(17)11(7-2-1-3-9(18)12(7)19)10(5-6)28(27)15(25,26)13(20,21)14(22,23)24/h1-5H. The van der Waals surface area contributed by atoms with Crippen LogP contribution in [0.1, 0.15) is 0 Å². The summed E-state index contributed by atoms with van der Waals surface area (Å²) in [5.74, 6) is -9.71. The second kappa shape index (κ2) is 7.63. The lowest BCUT2D eigenvalue weighted by Crippen LogP contribution is -2.54. The predicted molar refractivity (Wildman–Crippen MR) is 89.6 cm³/mol. The van der Waals surface area contributed by atoms with Crippen LogP contribution >= 0.6 is 31.9 Å². The Morgan fingerprint density at radius 1 is 0.893 bits per heavy atom. The third-order valence-electron chi connectivity index (χ3n) is 3.39. The molecule has 0 bridgehead atoms. The van der Waals surface area contributed by atoms with Gasteiger partial charge in [-0.15, -0.1) is 0 Å². The van der Waals surface area contributed by atoms with E-state index < -0.39 is 55.8 Å². The summed E-state index contributed by atoms with van der Waals surface area (Å²) in [4.78, 5) is -1.26. The van der Waals surface area contributed by atoms with Crippen molar-refractivity contribution in [3.8, 4) is 11.1 Å². The second-order valence-corrected chi connectivity index (χ2v) is 8.48. The fourth-order valence-electron chi connectivity index (χ4n) is 2.07. The fraction of sp³-hybridized carbons (Fsp3) is 0.200. The zero-order chi connectivity index (χ0) is 21.7. The van der Waals surface area contributed by atoms with E-state index in [-0.39, 0.29) is 8.95 Å². The Morgan fingerprint density at radius 2 is 1.46 bits per heavy atom. The molecule has 0 fully saturated rings. The van der Waals surface area contributed by atoms with Crippen LogP contribution < -0.4 is 0 Å². The highest BCUT2D eigenvalue weighted by atomic mass is 79.9. The van der Waals surface area contributed by atoms with E-state index in [1.807, 2.05) is 0 Å². The lowest BCUT2D eigenvalue weighted by atomic mass is 10.0.